The summed E-state index contributed by atoms with van der Waals surface area (Å²) in [6.07, 6.45) is -0.235. The lowest BCUT2D eigenvalue weighted by molar-refractivity contribution is 0.179. The summed E-state index contributed by atoms with van der Waals surface area (Å²) in [7, 11) is 3.57. The number of anilines is 3. The van der Waals surface area contributed by atoms with Crippen LogP contribution in [0.3, 0.4) is 0 Å². The first-order valence-corrected chi connectivity index (χ1v) is 8.93. The molecule has 0 spiro atoms. The van der Waals surface area contributed by atoms with Crippen LogP contribution in [-0.4, -0.2) is 54.0 Å². The number of aromatic nitrogens is 2. The maximum Gasteiger partial charge on any atom is 0.329 e. The van der Waals surface area contributed by atoms with Gasteiger partial charge >= 0.3 is 5.69 Å². The zero-order valence-corrected chi connectivity index (χ0v) is 15.5. The summed E-state index contributed by atoms with van der Waals surface area (Å²) in [5.74, 6) is 0.585. The second-order valence-corrected chi connectivity index (χ2v) is 6.96. The maximum atomic E-state index is 12.7. The van der Waals surface area contributed by atoms with E-state index in [1.54, 1.807) is 13.1 Å². The summed E-state index contributed by atoms with van der Waals surface area (Å²) in [6, 6.07) is 7.45. The van der Waals surface area contributed by atoms with Gasteiger partial charge in [0.25, 0.3) is 5.56 Å². The summed E-state index contributed by atoms with van der Waals surface area (Å²) in [6.45, 7) is 3.39. The van der Waals surface area contributed by atoms with E-state index in [0.717, 1.165) is 31.9 Å². The minimum absolute atomic E-state index is 0.235. The van der Waals surface area contributed by atoms with E-state index < -0.39 is 11.2 Å². The van der Waals surface area contributed by atoms with Crippen LogP contribution in [0, 0.1) is 0 Å². The molecule has 2 aromatic rings. The van der Waals surface area contributed by atoms with E-state index in [1.807, 2.05) is 35.0 Å². The molecule has 4 rings (SSSR count). The van der Waals surface area contributed by atoms with Crippen LogP contribution in [0.15, 0.2) is 33.9 Å². The first-order valence-electron chi connectivity index (χ1n) is 8.55. The molecule has 1 aromatic carbocycles. The highest BCUT2D eigenvalue weighted by atomic mass is 35.5. The Bertz CT molecular complexity index is 949. The molecule has 0 bridgehead atoms. The molecular formula is C17H21ClN6O2. The number of fused-ring (bicyclic) bond motifs is 1. The molecule has 138 valence electrons. The van der Waals surface area contributed by atoms with Crippen molar-refractivity contribution in [2.24, 2.45) is 7.05 Å². The van der Waals surface area contributed by atoms with E-state index in [2.05, 4.69) is 15.2 Å². The lowest BCUT2D eigenvalue weighted by Crippen LogP contribution is -2.58. The van der Waals surface area contributed by atoms with Gasteiger partial charge in [-0.15, -0.1) is 0 Å². The van der Waals surface area contributed by atoms with Gasteiger partial charge in [0.2, 0.25) is 0 Å². The third kappa shape index (κ3) is 2.53. The number of nitrogens with zero attached hydrogens (tertiary/aromatic N) is 4. The lowest BCUT2D eigenvalue weighted by Gasteiger charge is -2.41. The van der Waals surface area contributed by atoms with E-state index in [-0.39, 0.29) is 6.29 Å². The normalized spacial score (nSPS) is 20.5. The Hall–Kier alpha value is -2.29. The SMILES string of the molecule is CN1c2c(c(=O)[nH]c(=O)n2C)N(c2ccccc2Cl)C1N1CCNCC1. The van der Waals surface area contributed by atoms with Crippen molar-refractivity contribution in [2.75, 3.05) is 43.0 Å². The van der Waals surface area contributed by atoms with Gasteiger partial charge in [0.1, 0.15) is 5.82 Å². The standard InChI is InChI=1S/C17H21ClN6O2/c1-21-15-13(14(25)20-16(21)26)24(12-6-4-3-5-11(12)18)17(22(15)2)23-9-7-19-8-10-23/h3-6,17,19H,7-10H2,1-2H3,(H,20,25,26). The Labute approximate surface area is 155 Å². The van der Waals surface area contributed by atoms with Gasteiger partial charge in [-0.1, -0.05) is 23.7 Å². The number of piperazine rings is 1. The molecule has 3 heterocycles. The largest absolute Gasteiger partial charge is 0.329 e. The van der Waals surface area contributed by atoms with Crippen LogP contribution < -0.4 is 26.4 Å². The fourth-order valence-corrected chi connectivity index (χ4v) is 4.06. The van der Waals surface area contributed by atoms with E-state index in [1.165, 1.54) is 4.57 Å². The quantitative estimate of drug-likeness (QED) is 0.795. The number of hydrogen-bond acceptors (Lipinski definition) is 6. The topological polar surface area (TPSA) is 76.6 Å². The minimum Gasteiger partial charge on any atom is -0.326 e. The van der Waals surface area contributed by atoms with Crippen molar-refractivity contribution >= 4 is 28.8 Å². The van der Waals surface area contributed by atoms with Crippen LogP contribution in [0.5, 0.6) is 0 Å². The molecule has 0 saturated carbocycles. The van der Waals surface area contributed by atoms with Crippen molar-refractivity contribution in [3.05, 3.63) is 50.1 Å². The molecule has 2 aliphatic rings. The molecular weight excluding hydrogens is 356 g/mol. The van der Waals surface area contributed by atoms with Gasteiger partial charge < -0.3 is 10.2 Å². The van der Waals surface area contributed by atoms with Crippen LogP contribution in [0.4, 0.5) is 17.2 Å². The molecule has 1 fully saturated rings. The summed E-state index contributed by atoms with van der Waals surface area (Å²) < 4.78 is 1.47. The van der Waals surface area contributed by atoms with Crippen LogP contribution in [0.1, 0.15) is 0 Å². The van der Waals surface area contributed by atoms with Crippen molar-refractivity contribution in [3.8, 4) is 0 Å². The maximum absolute atomic E-state index is 12.7. The van der Waals surface area contributed by atoms with Crippen LogP contribution in [-0.2, 0) is 7.05 Å². The van der Waals surface area contributed by atoms with Gasteiger partial charge in [-0.2, -0.15) is 0 Å². The van der Waals surface area contributed by atoms with Gasteiger partial charge in [0.15, 0.2) is 12.0 Å². The molecule has 2 aliphatic heterocycles. The molecule has 1 saturated heterocycles. The Morgan fingerprint density at radius 2 is 1.81 bits per heavy atom. The third-order valence-electron chi connectivity index (χ3n) is 5.01. The molecule has 1 aromatic heterocycles. The molecule has 2 N–H and O–H groups in total. The van der Waals surface area contributed by atoms with Crippen LogP contribution in [0.2, 0.25) is 5.02 Å². The number of halogens is 1. The van der Waals surface area contributed by atoms with Gasteiger partial charge in [-0.05, 0) is 12.1 Å². The van der Waals surface area contributed by atoms with Crippen LogP contribution in [0.25, 0.3) is 0 Å². The summed E-state index contributed by atoms with van der Waals surface area (Å²) in [5.41, 5.74) is 0.340. The molecule has 0 aliphatic carbocycles. The highest BCUT2D eigenvalue weighted by molar-refractivity contribution is 6.33. The lowest BCUT2D eigenvalue weighted by atomic mass is 10.2. The number of H-pyrrole nitrogens is 1. The number of para-hydroxylation sites is 1. The number of benzene rings is 1. The zero-order chi connectivity index (χ0) is 18.4. The molecule has 9 heteroatoms. The Kier molecular flexibility index (Phi) is 4.26. The number of aromatic amines is 1. The van der Waals surface area contributed by atoms with Crippen molar-refractivity contribution in [1.82, 2.24) is 19.8 Å². The van der Waals surface area contributed by atoms with Crippen molar-refractivity contribution in [1.29, 1.82) is 0 Å². The second kappa shape index (κ2) is 6.46. The predicted octanol–water partition coefficient (Wildman–Crippen LogP) is 0.504. The number of nitrogens with one attached hydrogen (secondary N) is 2. The molecule has 8 nitrogen and oxygen atoms in total. The Morgan fingerprint density at radius 3 is 2.50 bits per heavy atom. The Balaban J connectivity index is 1.96. The first-order chi connectivity index (χ1) is 12.5. The van der Waals surface area contributed by atoms with Gasteiger partial charge in [-0.3, -0.25) is 24.1 Å². The zero-order valence-electron chi connectivity index (χ0n) is 14.7. The predicted molar refractivity (Wildman–Crippen MR) is 103 cm³/mol. The highest BCUT2D eigenvalue weighted by Crippen LogP contribution is 2.43. The summed E-state index contributed by atoms with van der Waals surface area (Å²) >= 11 is 6.47. The van der Waals surface area contributed by atoms with E-state index in [9.17, 15) is 9.59 Å². The Morgan fingerprint density at radius 1 is 1.12 bits per heavy atom. The van der Waals surface area contributed by atoms with Crippen molar-refractivity contribution in [3.63, 3.8) is 0 Å². The molecule has 1 unspecified atom stereocenters. The fourth-order valence-electron chi connectivity index (χ4n) is 3.83. The van der Waals surface area contributed by atoms with Crippen molar-refractivity contribution in [2.45, 2.75) is 6.29 Å². The van der Waals surface area contributed by atoms with Gasteiger partial charge in [0.05, 0.1) is 10.7 Å². The second-order valence-electron chi connectivity index (χ2n) is 6.56. The van der Waals surface area contributed by atoms with E-state index >= 15 is 0 Å². The molecule has 1 atom stereocenters. The van der Waals surface area contributed by atoms with E-state index in [0.29, 0.717) is 16.5 Å². The van der Waals surface area contributed by atoms with Crippen LogP contribution >= 0.6 is 11.6 Å². The average molecular weight is 377 g/mol. The first kappa shape index (κ1) is 17.1. The van der Waals surface area contributed by atoms with Crippen molar-refractivity contribution < 1.29 is 0 Å². The molecule has 26 heavy (non-hydrogen) atoms. The highest BCUT2D eigenvalue weighted by Gasteiger charge is 2.43. The monoisotopic (exact) mass is 376 g/mol. The number of rotatable bonds is 2. The molecule has 0 radical (unpaired) electrons. The third-order valence-corrected chi connectivity index (χ3v) is 5.33. The summed E-state index contributed by atoms with van der Waals surface area (Å²) in [4.78, 5) is 33.5. The minimum atomic E-state index is -0.430. The number of hydrogen-bond donors (Lipinski definition) is 2. The van der Waals surface area contributed by atoms with Gasteiger partial charge in [-0.25, -0.2) is 4.79 Å². The fraction of sp³-hybridized carbons (Fsp3) is 0.412. The van der Waals surface area contributed by atoms with Gasteiger partial charge in [0, 0.05) is 40.3 Å². The smallest absolute Gasteiger partial charge is 0.326 e. The summed E-state index contributed by atoms with van der Waals surface area (Å²) in [5, 5.41) is 3.90. The van der Waals surface area contributed by atoms with E-state index in [4.69, 9.17) is 11.6 Å². The molecule has 0 amide bonds. The average Bonchev–Trinajstić information content (AvgIpc) is 2.94.